The monoisotopic (exact) mass is 532 g/mol. The number of benzene rings is 2. The molecule has 2 aromatic heterocycles. The minimum Gasteiger partial charge on any atom is -0.339 e. The molecule has 6 nitrogen and oxygen atoms in total. The van der Waals surface area contributed by atoms with Crippen LogP contribution in [0.25, 0.3) is 10.2 Å². The Labute approximate surface area is 225 Å². The number of carbonyl (C=O) groups is 1. The third-order valence-corrected chi connectivity index (χ3v) is 8.71. The Morgan fingerprint density at radius 3 is 2.54 bits per heavy atom. The van der Waals surface area contributed by atoms with Crippen LogP contribution in [0.1, 0.15) is 44.1 Å². The van der Waals surface area contributed by atoms with Crippen molar-refractivity contribution in [3.63, 3.8) is 0 Å². The van der Waals surface area contributed by atoms with Crippen LogP contribution in [0.15, 0.2) is 64.5 Å². The van der Waals surface area contributed by atoms with Gasteiger partial charge in [-0.1, -0.05) is 36.9 Å². The highest BCUT2D eigenvalue weighted by Crippen LogP contribution is 2.35. The lowest BCUT2D eigenvalue weighted by Gasteiger charge is -2.29. The van der Waals surface area contributed by atoms with Crippen LogP contribution in [0.2, 0.25) is 0 Å². The molecule has 0 fully saturated rings. The van der Waals surface area contributed by atoms with Crippen LogP contribution in [0, 0.1) is 0 Å². The van der Waals surface area contributed by atoms with Gasteiger partial charge in [-0.2, -0.15) is 0 Å². The maximum absolute atomic E-state index is 13.3. The van der Waals surface area contributed by atoms with Crippen molar-refractivity contribution in [3.8, 4) is 0 Å². The molecule has 5 rings (SSSR count). The number of fused-ring (bicyclic) bond motifs is 3. The fourth-order valence-electron chi connectivity index (χ4n) is 4.96. The second-order valence-corrected chi connectivity index (χ2v) is 11.6. The summed E-state index contributed by atoms with van der Waals surface area (Å²) >= 11 is 2.97. The van der Waals surface area contributed by atoms with E-state index in [9.17, 15) is 9.59 Å². The fraction of sp³-hybridized carbons (Fsp3) is 0.345. The number of thioether (sulfide) groups is 1. The van der Waals surface area contributed by atoms with E-state index in [2.05, 4.69) is 43.1 Å². The second-order valence-electron chi connectivity index (χ2n) is 9.57. The van der Waals surface area contributed by atoms with Gasteiger partial charge in [-0.3, -0.25) is 14.2 Å². The van der Waals surface area contributed by atoms with E-state index >= 15 is 0 Å². The molecule has 4 aromatic rings. The average molecular weight is 533 g/mol. The number of nitrogens with one attached hydrogen (secondary N) is 1. The van der Waals surface area contributed by atoms with Gasteiger partial charge in [0.25, 0.3) is 5.56 Å². The number of hydrogen-bond donors (Lipinski definition) is 1. The molecule has 192 valence electrons. The number of nitrogens with zero attached hydrogens (tertiary/aromatic N) is 3. The summed E-state index contributed by atoms with van der Waals surface area (Å²) in [5.74, 6) is 0.0731. The van der Waals surface area contributed by atoms with Gasteiger partial charge >= 0.3 is 0 Å². The number of rotatable bonds is 9. The maximum Gasteiger partial charge on any atom is 0.263 e. The van der Waals surface area contributed by atoms with Gasteiger partial charge in [0.2, 0.25) is 5.91 Å². The molecule has 0 spiro atoms. The SMILES string of the molecule is CCCn1c(SCC(=O)Nc2ccc(N(c3ccccc3)C(C)C)cc2)nc2sc3c(c2c1=O)CCC3. The third kappa shape index (κ3) is 5.31. The molecule has 0 aliphatic heterocycles. The molecule has 8 heteroatoms. The van der Waals surface area contributed by atoms with Gasteiger partial charge in [-0.05, 0) is 81.5 Å². The van der Waals surface area contributed by atoms with Crippen molar-refractivity contribution in [3.05, 3.63) is 75.4 Å². The van der Waals surface area contributed by atoms with Crippen LogP contribution in [-0.2, 0) is 24.2 Å². The normalized spacial score (nSPS) is 12.8. The van der Waals surface area contributed by atoms with Crippen molar-refractivity contribution in [2.45, 2.75) is 64.2 Å². The van der Waals surface area contributed by atoms with Gasteiger partial charge in [0.1, 0.15) is 4.83 Å². The first-order chi connectivity index (χ1) is 18.0. The highest BCUT2D eigenvalue weighted by molar-refractivity contribution is 7.99. The number of anilines is 3. The molecule has 0 atom stereocenters. The lowest BCUT2D eigenvalue weighted by molar-refractivity contribution is -0.113. The zero-order valence-corrected chi connectivity index (χ0v) is 23.1. The van der Waals surface area contributed by atoms with E-state index in [0.717, 1.165) is 53.0 Å². The number of aromatic nitrogens is 2. The first-order valence-electron chi connectivity index (χ1n) is 12.9. The number of amides is 1. The van der Waals surface area contributed by atoms with Gasteiger partial charge in [0, 0.05) is 34.5 Å². The molecule has 2 aromatic carbocycles. The summed E-state index contributed by atoms with van der Waals surface area (Å²) in [7, 11) is 0. The van der Waals surface area contributed by atoms with Gasteiger partial charge in [-0.15, -0.1) is 11.3 Å². The van der Waals surface area contributed by atoms with Crippen LogP contribution in [-0.4, -0.2) is 27.3 Å². The Kier molecular flexibility index (Phi) is 7.67. The van der Waals surface area contributed by atoms with E-state index in [0.29, 0.717) is 11.7 Å². The summed E-state index contributed by atoms with van der Waals surface area (Å²) in [6.07, 6.45) is 3.95. The summed E-state index contributed by atoms with van der Waals surface area (Å²) < 4.78 is 1.75. The first-order valence-corrected chi connectivity index (χ1v) is 14.7. The number of carbonyl (C=O) groups excluding carboxylic acids is 1. The molecule has 0 saturated heterocycles. The van der Waals surface area contributed by atoms with Gasteiger partial charge in [-0.25, -0.2) is 4.98 Å². The summed E-state index contributed by atoms with van der Waals surface area (Å²) in [6.45, 7) is 6.98. The zero-order chi connectivity index (χ0) is 25.9. The summed E-state index contributed by atoms with van der Waals surface area (Å²) in [6, 6.07) is 18.5. The van der Waals surface area contributed by atoms with E-state index in [1.54, 1.807) is 15.9 Å². The molecule has 0 bridgehead atoms. The Morgan fingerprint density at radius 1 is 1.11 bits per heavy atom. The van der Waals surface area contributed by atoms with E-state index in [-0.39, 0.29) is 23.3 Å². The highest BCUT2D eigenvalue weighted by atomic mass is 32.2. The van der Waals surface area contributed by atoms with Crippen molar-refractivity contribution in [2.24, 2.45) is 0 Å². The number of aryl methyl sites for hydroxylation is 2. The molecule has 1 aliphatic carbocycles. The van der Waals surface area contributed by atoms with Crippen LogP contribution in [0.4, 0.5) is 17.1 Å². The molecule has 2 heterocycles. The van der Waals surface area contributed by atoms with Crippen molar-refractivity contribution in [1.29, 1.82) is 0 Å². The summed E-state index contributed by atoms with van der Waals surface area (Å²) in [4.78, 5) is 35.4. The zero-order valence-electron chi connectivity index (χ0n) is 21.5. The smallest absolute Gasteiger partial charge is 0.263 e. The molecule has 0 unspecified atom stereocenters. The average Bonchev–Trinajstić information content (AvgIpc) is 3.47. The Hall–Kier alpha value is -3.10. The standard InChI is InChI=1S/C29H32N4O2S2/c1-4-17-32-28(35)26-23-11-8-12-24(23)37-27(26)31-29(32)36-18-25(34)30-20-13-15-22(16-14-20)33(19(2)3)21-9-6-5-7-10-21/h5-7,9-10,13-16,19H,4,8,11-12,17-18H2,1-3H3,(H,30,34). The molecular weight excluding hydrogens is 500 g/mol. The van der Waals surface area contributed by atoms with Crippen molar-refractivity contribution >= 4 is 56.3 Å². The molecule has 0 saturated carbocycles. The van der Waals surface area contributed by atoms with Crippen LogP contribution < -0.4 is 15.8 Å². The van der Waals surface area contributed by atoms with Crippen molar-refractivity contribution in [2.75, 3.05) is 16.0 Å². The second kappa shape index (κ2) is 11.1. The van der Waals surface area contributed by atoms with E-state index in [1.807, 2.05) is 42.5 Å². The minimum atomic E-state index is -0.118. The van der Waals surface area contributed by atoms with Gasteiger partial charge < -0.3 is 10.2 Å². The summed E-state index contributed by atoms with van der Waals surface area (Å²) in [5.41, 5.74) is 4.18. The fourth-order valence-corrected chi connectivity index (χ4v) is 7.08. The molecule has 1 aliphatic rings. The first kappa shape index (κ1) is 25.5. The summed E-state index contributed by atoms with van der Waals surface area (Å²) in [5, 5.41) is 4.41. The largest absolute Gasteiger partial charge is 0.339 e. The predicted octanol–water partition coefficient (Wildman–Crippen LogP) is 6.63. The Balaban J connectivity index is 1.29. The van der Waals surface area contributed by atoms with Crippen LogP contribution in [0.3, 0.4) is 0 Å². The highest BCUT2D eigenvalue weighted by Gasteiger charge is 2.23. The molecule has 1 amide bonds. The van der Waals surface area contributed by atoms with Crippen LogP contribution >= 0.6 is 23.1 Å². The molecular formula is C29H32N4O2S2. The Bertz CT molecular complexity index is 1460. The Morgan fingerprint density at radius 2 is 1.84 bits per heavy atom. The predicted molar refractivity (Wildman–Crippen MR) is 156 cm³/mol. The number of hydrogen-bond acceptors (Lipinski definition) is 6. The number of para-hydroxylation sites is 1. The lowest BCUT2D eigenvalue weighted by Crippen LogP contribution is -2.25. The molecule has 37 heavy (non-hydrogen) atoms. The van der Waals surface area contributed by atoms with E-state index in [1.165, 1.54) is 22.2 Å². The van der Waals surface area contributed by atoms with Crippen molar-refractivity contribution < 1.29 is 4.79 Å². The van der Waals surface area contributed by atoms with Gasteiger partial charge in [0.15, 0.2) is 5.16 Å². The minimum absolute atomic E-state index is 0.0397. The van der Waals surface area contributed by atoms with Gasteiger partial charge in [0.05, 0.1) is 11.1 Å². The maximum atomic E-state index is 13.3. The van der Waals surface area contributed by atoms with Crippen LogP contribution in [0.5, 0.6) is 0 Å². The van der Waals surface area contributed by atoms with E-state index < -0.39 is 0 Å². The topological polar surface area (TPSA) is 67.2 Å². The number of thiophene rings is 1. The lowest BCUT2D eigenvalue weighted by atomic mass is 10.2. The molecule has 0 radical (unpaired) electrons. The quantitative estimate of drug-likeness (QED) is 0.193. The van der Waals surface area contributed by atoms with Crippen molar-refractivity contribution in [1.82, 2.24) is 9.55 Å². The molecule has 1 N–H and O–H groups in total. The third-order valence-electron chi connectivity index (χ3n) is 6.55. The van der Waals surface area contributed by atoms with E-state index in [4.69, 9.17) is 4.98 Å².